The average Bonchev–Trinajstić information content (AvgIpc) is 2.58. The Bertz CT molecular complexity index is 832. The molecule has 1 aromatic carbocycles. The molecule has 164 valence electrons. The third-order valence-corrected chi connectivity index (χ3v) is 4.51. The van der Waals surface area contributed by atoms with Crippen LogP contribution in [-0.4, -0.2) is 34.7 Å². The highest BCUT2D eigenvalue weighted by atomic mass is 19.1. The van der Waals surface area contributed by atoms with Gasteiger partial charge in [0, 0.05) is 32.3 Å². The summed E-state index contributed by atoms with van der Waals surface area (Å²) < 4.78 is 26.9. The van der Waals surface area contributed by atoms with E-state index in [4.69, 9.17) is 0 Å². The topological polar surface area (TPSA) is 74.2 Å². The molecular formula is C23H31F2N3O2. The van der Waals surface area contributed by atoms with Crippen molar-refractivity contribution in [1.82, 2.24) is 15.6 Å². The van der Waals surface area contributed by atoms with E-state index >= 15 is 0 Å². The molecule has 7 heteroatoms. The fourth-order valence-electron chi connectivity index (χ4n) is 3.36. The predicted octanol–water partition coefficient (Wildman–Crippen LogP) is 3.15. The van der Waals surface area contributed by atoms with Gasteiger partial charge < -0.3 is 15.7 Å². The van der Waals surface area contributed by atoms with E-state index in [1.54, 1.807) is 6.20 Å². The first kappa shape index (κ1) is 23.9. The SMILES string of the molecule is CC(=O)NC(Cc1cc(F)cc(F)c1)C(O)CNCc1cc(CC(C)(C)C)ccn1. The number of benzene rings is 1. The second kappa shape index (κ2) is 10.6. The lowest BCUT2D eigenvalue weighted by Gasteiger charge is -2.24. The van der Waals surface area contributed by atoms with Gasteiger partial charge in [-0.25, -0.2) is 8.78 Å². The molecule has 0 spiro atoms. The number of halogens is 2. The number of amides is 1. The zero-order chi connectivity index (χ0) is 22.3. The van der Waals surface area contributed by atoms with Crippen molar-refractivity contribution in [2.75, 3.05) is 6.54 Å². The molecule has 2 unspecified atom stereocenters. The van der Waals surface area contributed by atoms with Gasteiger partial charge in [0.1, 0.15) is 11.6 Å². The Morgan fingerprint density at radius 1 is 1.13 bits per heavy atom. The van der Waals surface area contributed by atoms with Crippen molar-refractivity contribution in [2.45, 2.75) is 59.2 Å². The molecule has 0 bridgehead atoms. The molecular weight excluding hydrogens is 388 g/mol. The van der Waals surface area contributed by atoms with Crippen LogP contribution in [0.15, 0.2) is 36.5 Å². The van der Waals surface area contributed by atoms with E-state index in [1.165, 1.54) is 24.6 Å². The first-order valence-electron chi connectivity index (χ1n) is 10.1. The first-order chi connectivity index (χ1) is 14.0. The fourth-order valence-corrected chi connectivity index (χ4v) is 3.36. The van der Waals surface area contributed by atoms with Gasteiger partial charge in [-0.05, 0) is 53.6 Å². The van der Waals surface area contributed by atoms with Crippen molar-refractivity contribution in [2.24, 2.45) is 5.41 Å². The third kappa shape index (κ3) is 8.55. The van der Waals surface area contributed by atoms with E-state index in [2.05, 4.69) is 36.4 Å². The van der Waals surface area contributed by atoms with Crippen LogP contribution >= 0.6 is 0 Å². The molecule has 0 fully saturated rings. The molecule has 0 radical (unpaired) electrons. The van der Waals surface area contributed by atoms with Crippen LogP contribution in [0.3, 0.4) is 0 Å². The number of aromatic nitrogens is 1. The van der Waals surface area contributed by atoms with Gasteiger partial charge in [-0.1, -0.05) is 20.8 Å². The Kier molecular flexibility index (Phi) is 8.43. The number of nitrogens with one attached hydrogen (secondary N) is 2. The summed E-state index contributed by atoms with van der Waals surface area (Å²) in [6.45, 7) is 8.51. The van der Waals surface area contributed by atoms with E-state index in [1.807, 2.05) is 12.1 Å². The first-order valence-corrected chi connectivity index (χ1v) is 10.1. The minimum atomic E-state index is -0.946. The molecule has 3 N–H and O–H groups in total. The molecule has 0 aliphatic heterocycles. The maximum Gasteiger partial charge on any atom is 0.217 e. The molecule has 0 aliphatic carbocycles. The van der Waals surface area contributed by atoms with Crippen molar-refractivity contribution < 1.29 is 18.7 Å². The number of rotatable bonds is 9. The molecule has 30 heavy (non-hydrogen) atoms. The lowest BCUT2D eigenvalue weighted by atomic mass is 9.88. The summed E-state index contributed by atoms with van der Waals surface area (Å²) in [6, 6.07) is 6.53. The summed E-state index contributed by atoms with van der Waals surface area (Å²) in [5.74, 6) is -1.71. The maximum absolute atomic E-state index is 13.5. The van der Waals surface area contributed by atoms with Gasteiger partial charge in [-0.3, -0.25) is 9.78 Å². The number of aliphatic hydroxyl groups excluding tert-OH is 1. The molecule has 0 saturated carbocycles. The highest BCUT2D eigenvalue weighted by Gasteiger charge is 2.21. The van der Waals surface area contributed by atoms with Gasteiger partial charge in [0.05, 0.1) is 17.8 Å². The minimum absolute atomic E-state index is 0.108. The number of hydrogen-bond acceptors (Lipinski definition) is 4. The molecule has 0 aliphatic rings. The Balaban J connectivity index is 1.96. The van der Waals surface area contributed by atoms with Gasteiger partial charge in [0.25, 0.3) is 0 Å². The summed E-state index contributed by atoms with van der Waals surface area (Å²) >= 11 is 0. The lowest BCUT2D eigenvalue weighted by molar-refractivity contribution is -0.120. The van der Waals surface area contributed by atoms with Gasteiger partial charge in [0.2, 0.25) is 5.91 Å². The van der Waals surface area contributed by atoms with Crippen LogP contribution < -0.4 is 10.6 Å². The van der Waals surface area contributed by atoms with Crippen LogP contribution in [-0.2, 0) is 24.2 Å². The number of nitrogens with zero attached hydrogens (tertiary/aromatic N) is 1. The Hall–Kier alpha value is -2.38. The van der Waals surface area contributed by atoms with Crippen molar-refractivity contribution in [1.29, 1.82) is 0 Å². The normalized spacial score (nSPS) is 13.7. The molecule has 0 saturated heterocycles. The van der Waals surface area contributed by atoms with Gasteiger partial charge in [0.15, 0.2) is 0 Å². The van der Waals surface area contributed by atoms with Crippen molar-refractivity contribution >= 4 is 5.91 Å². The zero-order valence-corrected chi connectivity index (χ0v) is 18.0. The molecule has 1 heterocycles. The smallest absolute Gasteiger partial charge is 0.217 e. The Morgan fingerprint density at radius 2 is 1.80 bits per heavy atom. The molecule has 2 aromatic rings. The molecule has 1 amide bonds. The number of aliphatic hydroxyl groups is 1. The number of carbonyl (C=O) groups is 1. The predicted molar refractivity (Wildman–Crippen MR) is 113 cm³/mol. The quantitative estimate of drug-likeness (QED) is 0.584. The van der Waals surface area contributed by atoms with Crippen LogP contribution in [0.25, 0.3) is 0 Å². The highest BCUT2D eigenvalue weighted by molar-refractivity contribution is 5.73. The van der Waals surface area contributed by atoms with Crippen molar-refractivity contribution in [3.63, 3.8) is 0 Å². The Morgan fingerprint density at radius 3 is 2.40 bits per heavy atom. The van der Waals surface area contributed by atoms with E-state index in [9.17, 15) is 18.7 Å². The molecule has 5 nitrogen and oxygen atoms in total. The van der Waals surface area contributed by atoms with E-state index in [0.29, 0.717) is 12.1 Å². The fraction of sp³-hybridized carbons (Fsp3) is 0.478. The molecule has 2 atom stereocenters. The second-order valence-corrected chi connectivity index (χ2v) is 8.88. The Labute approximate surface area is 176 Å². The van der Waals surface area contributed by atoms with Crippen LogP contribution in [0, 0.1) is 17.0 Å². The summed E-state index contributed by atoms with van der Waals surface area (Å²) in [6.07, 6.45) is 1.86. The van der Waals surface area contributed by atoms with Crippen molar-refractivity contribution in [3.8, 4) is 0 Å². The monoisotopic (exact) mass is 419 g/mol. The lowest BCUT2D eigenvalue weighted by Crippen LogP contribution is -2.48. The zero-order valence-electron chi connectivity index (χ0n) is 18.0. The second-order valence-electron chi connectivity index (χ2n) is 8.88. The largest absolute Gasteiger partial charge is 0.390 e. The van der Waals surface area contributed by atoms with Gasteiger partial charge in [-0.2, -0.15) is 0 Å². The van der Waals surface area contributed by atoms with Crippen LogP contribution in [0.1, 0.15) is 44.5 Å². The minimum Gasteiger partial charge on any atom is -0.390 e. The number of pyridine rings is 1. The molecule has 2 rings (SSSR count). The summed E-state index contributed by atoms with van der Waals surface area (Å²) in [5.41, 5.74) is 2.58. The van der Waals surface area contributed by atoms with E-state index < -0.39 is 23.8 Å². The van der Waals surface area contributed by atoms with Crippen molar-refractivity contribution in [3.05, 3.63) is 65.0 Å². The third-order valence-electron chi connectivity index (χ3n) is 4.51. The summed E-state index contributed by atoms with van der Waals surface area (Å²) in [5, 5.41) is 16.4. The average molecular weight is 420 g/mol. The standard InChI is InChI=1S/C23H31F2N3O2/c1-15(29)28-21(10-17-7-18(24)11-19(25)8-17)22(30)14-26-13-20-9-16(5-6-27-20)12-23(2,3)4/h5-9,11,21-22,26,30H,10,12-14H2,1-4H3,(H,28,29). The summed E-state index contributed by atoms with van der Waals surface area (Å²) in [4.78, 5) is 15.9. The van der Waals surface area contributed by atoms with Crippen LogP contribution in [0.4, 0.5) is 8.78 Å². The van der Waals surface area contributed by atoms with Gasteiger partial charge >= 0.3 is 0 Å². The van der Waals surface area contributed by atoms with Crippen LogP contribution in [0.2, 0.25) is 0 Å². The maximum atomic E-state index is 13.5. The van der Waals surface area contributed by atoms with E-state index in [0.717, 1.165) is 18.2 Å². The van der Waals surface area contributed by atoms with Gasteiger partial charge in [-0.15, -0.1) is 0 Å². The molecule has 1 aromatic heterocycles. The van der Waals surface area contributed by atoms with Crippen LogP contribution in [0.5, 0.6) is 0 Å². The summed E-state index contributed by atoms with van der Waals surface area (Å²) in [7, 11) is 0. The van der Waals surface area contributed by atoms with E-state index in [-0.39, 0.29) is 24.3 Å². The highest BCUT2D eigenvalue weighted by Crippen LogP contribution is 2.20. The number of hydrogen-bond donors (Lipinski definition) is 3. The number of carbonyl (C=O) groups excluding carboxylic acids is 1.